The molecule has 0 aliphatic heterocycles. The quantitative estimate of drug-likeness (QED) is 0.801. The molecule has 0 unspecified atom stereocenters. The molecule has 0 spiro atoms. The molecule has 0 fully saturated rings. The van der Waals surface area contributed by atoms with Gasteiger partial charge in [-0.2, -0.15) is 5.10 Å². The number of aryl methyl sites for hydroxylation is 2. The molecule has 22 heavy (non-hydrogen) atoms. The van der Waals surface area contributed by atoms with Crippen LogP contribution in [0.2, 0.25) is 0 Å². The molecule has 0 atom stereocenters. The zero-order chi connectivity index (χ0) is 14.8. The maximum absolute atomic E-state index is 5.85. The number of fused-ring (bicyclic) bond motifs is 2. The van der Waals surface area contributed by atoms with E-state index in [0.717, 1.165) is 35.2 Å². The van der Waals surface area contributed by atoms with Crippen LogP contribution < -0.4 is 4.74 Å². The van der Waals surface area contributed by atoms with Crippen LogP contribution in [-0.2, 0) is 19.3 Å². The van der Waals surface area contributed by atoms with Gasteiger partial charge in [-0.25, -0.2) is 0 Å². The molecule has 4 nitrogen and oxygen atoms in total. The van der Waals surface area contributed by atoms with Crippen LogP contribution in [0.3, 0.4) is 0 Å². The highest BCUT2D eigenvalue weighted by molar-refractivity contribution is 5.79. The van der Waals surface area contributed by atoms with Crippen LogP contribution in [0.4, 0.5) is 0 Å². The lowest BCUT2D eigenvalue weighted by molar-refractivity contribution is 0.321. The van der Waals surface area contributed by atoms with Gasteiger partial charge in [-0.15, -0.1) is 0 Å². The molecule has 3 aromatic rings. The summed E-state index contributed by atoms with van der Waals surface area (Å²) in [5, 5.41) is 8.04. The SMILES string of the molecule is c1cc2[nH]ncc2cc1OCCc1ccc2c(n1)CCCC2. The van der Waals surface area contributed by atoms with Crippen molar-refractivity contribution in [3.8, 4) is 5.75 Å². The van der Waals surface area contributed by atoms with E-state index in [1.807, 2.05) is 24.4 Å². The number of aromatic amines is 1. The number of hydrogen-bond donors (Lipinski definition) is 1. The van der Waals surface area contributed by atoms with E-state index in [1.54, 1.807) is 0 Å². The predicted molar refractivity (Wildman–Crippen MR) is 86.2 cm³/mol. The normalized spacial score (nSPS) is 14.0. The molecule has 0 radical (unpaired) electrons. The molecular weight excluding hydrogens is 274 g/mol. The topological polar surface area (TPSA) is 50.8 Å². The number of nitrogens with one attached hydrogen (secondary N) is 1. The monoisotopic (exact) mass is 293 g/mol. The second kappa shape index (κ2) is 5.79. The van der Waals surface area contributed by atoms with Crippen molar-refractivity contribution >= 4 is 10.9 Å². The van der Waals surface area contributed by atoms with Crippen LogP contribution in [0.15, 0.2) is 36.5 Å². The third kappa shape index (κ3) is 2.69. The van der Waals surface area contributed by atoms with Gasteiger partial charge in [-0.3, -0.25) is 10.1 Å². The molecule has 112 valence electrons. The van der Waals surface area contributed by atoms with Gasteiger partial charge in [-0.05, 0) is 55.5 Å². The van der Waals surface area contributed by atoms with E-state index in [0.29, 0.717) is 6.61 Å². The highest BCUT2D eigenvalue weighted by Crippen LogP contribution is 2.21. The first-order valence-corrected chi connectivity index (χ1v) is 7.92. The molecule has 0 bridgehead atoms. The van der Waals surface area contributed by atoms with Crippen LogP contribution in [0.1, 0.15) is 29.8 Å². The van der Waals surface area contributed by atoms with Crippen molar-refractivity contribution in [2.45, 2.75) is 32.1 Å². The minimum atomic E-state index is 0.648. The Morgan fingerprint density at radius 2 is 2.05 bits per heavy atom. The van der Waals surface area contributed by atoms with Crippen LogP contribution in [0.25, 0.3) is 10.9 Å². The summed E-state index contributed by atoms with van der Waals surface area (Å²) in [5.41, 5.74) is 4.89. The van der Waals surface area contributed by atoms with Gasteiger partial charge in [0.25, 0.3) is 0 Å². The second-order valence-corrected chi connectivity index (χ2v) is 5.83. The third-order valence-corrected chi connectivity index (χ3v) is 4.27. The lowest BCUT2D eigenvalue weighted by Crippen LogP contribution is -2.09. The van der Waals surface area contributed by atoms with E-state index in [1.165, 1.54) is 30.5 Å². The average molecular weight is 293 g/mol. The Morgan fingerprint density at radius 3 is 3.05 bits per heavy atom. The van der Waals surface area contributed by atoms with Crippen LogP contribution in [0, 0.1) is 0 Å². The predicted octanol–water partition coefficient (Wildman–Crippen LogP) is 3.46. The summed E-state index contributed by atoms with van der Waals surface area (Å²) in [6, 6.07) is 10.4. The molecule has 1 N–H and O–H groups in total. The number of benzene rings is 1. The van der Waals surface area contributed by atoms with Gasteiger partial charge in [-0.1, -0.05) is 6.07 Å². The third-order valence-electron chi connectivity index (χ3n) is 4.27. The van der Waals surface area contributed by atoms with Crippen molar-refractivity contribution in [3.05, 3.63) is 53.5 Å². The molecule has 1 aromatic carbocycles. The van der Waals surface area contributed by atoms with Crippen molar-refractivity contribution in [3.63, 3.8) is 0 Å². The maximum Gasteiger partial charge on any atom is 0.120 e. The van der Waals surface area contributed by atoms with Crippen LogP contribution in [-0.4, -0.2) is 21.8 Å². The lowest BCUT2D eigenvalue weighted by atomic mass is 9.96. The van der Waals surface area contributed by atoms with E-state index in [9.17, 15) is 0 Å². The second-order valence-electron chi connectivity index (χ2n) is 5.83. The first-order valence-electron chi connectivity index (χ1n) is 7.92. The van der Waals surface area contributed by atoms with Crippen LogP contribution >= 0.6 is 0 Å². The van der Waals surface area contributed by atoms with Crippen molar-refractivity contribution in [1.82, 2.24) is 15.2 Å². The molecule has 2 aromatic heterocycles. The first kappa shape index (κ1) is 13.3. The minimum Gasteiger partial charge on any atom is -0.493 e. The Morgan fingerprint density at radius 1 is 1.09 bits per heavy atom. The number of aromatic nitrogens is 3. The highest BCUT2D eigenvalue weighted by Gasteiger charge is 2.10. The average Bonchev–Trinajstić information content (AvgIpc) is 3.02. The van der Waals surface area contributed by atoms with Crippen molar-refractivity contribution in [2.75, 3.05) is 6.61 Å². The summed E-state index contributed by atoms with van der Waals surface area (Å²) in [4.78, 5) is 4.79. The van der Waals surface area contributed by atoms with E-state index >= 15 is 0 Å². The highest BCUT2D eigenvalue weighted by atomic mass is 16.5. The number of rotatable bonds is 4. The molecule has 4 heteroatoms. The van der Waals surface area contributed by atoms with E-state index in [2.05, 4.69) is 22.3 Å². The van der Waals surface area contributed by atoms with E-state index in [4.69, 9.17) is 9.72 Å². The van der Waals surface area contributed by atoms with Crippen molar-refractivity contribution in [1.29, 1.82) is 0 Å². The summed E-state index contributed by atoms with van der Waals surface area (Å²) in [6.07, 6.45) is 7.53. The van der Waals surface area contributed by atoms with Crippen LogP contribution in [0.5, 0.6) is 5.75 Å². The molecular formula is C18H19N3O. The molecule has 1 aliphatic rings. The van der Waals surface area contributed by atoms with Gasteiger partial charge in [0.05, 0.1) is 18.3 Å². The molecule has 1 aliphatic carbocycles. The standard InChI is InChI=1S/C18H19N3O/c1-2-4-17-13(3-1)5-6-15(20-17)9-10-22-16-7-8-18-14(11-16)12-19-21-18/h5-8,11-12H,1-4,9-10H2,(H,19,21). The van der Waals surface area contributed by atoms with Gasteiger partial charge in [0.2, 0.25) is 0 Å². The zero-order valence-electron chi connectivity index (χ0n) is 12.5. The molecule has 4 rings (SSSR count). The number of H-pyrrole nitrogens is 1. The molecule has 0 saturated carbocycles. The number of ether oxygens (including phenoxy) is 1. The summed E-state index contributed by atoms with van der Waals surface area (Å²) >= 11 is 0. The van der Waals surface area contributed by atoms with Gasteiger partial charge >= 0.3 is 0 Å². The van der Waals surface area contributed by atoms with Gasteiger partial charge in [0.1, 0.15) is 5.75 Å². The molecule has 2 heterocycles. The molecule has 0 saturated heterocycles. The van der Waals surface area contributed by atoms with Gasteiger partial charge < -0.3 is 4.74 Å². The Hall–Kier alpha value is -2.36. The smallest absolute Gasteiger partial charge is 0.120 e. The molecule has 0 amide bonds. The Bertz CT molecular complexity index is 794. The van der Waals surface area contributed by atoms with E-state index < -0.39 is 0 Å². The zero-order valence-corrected chi connectivity index (χ0v) is 12.5. The first-order chi connectivity index (χ1) is 10.9. The fourth-order valence-corrected chi connectivity index (χ4v) is 3.05. The largest absolute Gasteiger partial charge is 0.493 e. The van der Waals surface area contributed by atoms with E-state index in [-0.39, 0.29) is 0 Å². The van der Waals surface area contributed by atoms with Crippen molar-refractivity contribution < 1.29 is 4.74 Å². The fraction of sp³-hybridized carbons (Fsp3) is 0.333. The van der Waals surface area contributed by atoms with Gasteiger partial charge in [0, 0.05) is 23.2 Å². The van der Waals surface area contributed by atoms with Gasteiger partial charge in [0.15, 0.2) is 0 Å². The summed E-state index contributed by atoms with van der Waals surface area (Å²) in [5.74, 6) is 0.881. The summed E-state index contributed by atoms with van der Waals surface area (Å²) < 4.78 is 5.85. The number of nitrogens with zero attached hydrogens (tertiary/aromatic N) is 2. The fourth-order valence-electron chi connectivity index (χ4n) is 3.05. The van der Waals surface area contributed by atoms with Crippen molar-refractivity contribution in [2.24, 2.45) is 0 Å². The number of hydrogen-bond acceptors (Lipinski definition) is 3. The lowest BCUT2D eigenvalue weighted by Gasteiger charge is -2.15. The summed E-state index contributed by atoms with van der Waals surface area (Å²) in [7, 11) is 0. The Kier molecular flexibility index (Phi) is 3.51. The number of pyridine rings is 1. The minimum absolute atomic E-state index is 0.648. The summed E-state index contributed by atoms with van der Waals surface area (Å²) in [6.45, 7) is 0.648. The maximum atomic E-state index is 5.85. The Labute approximate surface area is 129 Å². The Balaban J connectivity index is 1.40.